The molecule has 262 valence electrons. The van der Waals surface area contributed by atoms with E-state index in [1.165, 1.54) is 89.9 Å². The molecule has 4 heteroatoms. The molecular weight excluding hydrogens is 615 g/mol. The van der Waals surface area contributed by atoms with E-state index in [0.29, 0.717) is 6.42 Å². The SMILES string of the molecule is CCCCC/C=C\C/C=C\CCCCCCCC(O)C(CCCCCCC/C=C\C/C=C\CCCCC)OC(=O)CC[As](C)C. The number of carbonyl (C=O) groups is 1. The molecule has 0 amide bonds. The molecular formula is C41H75AsO3. The third kappa shape index (κ3) is 34.1. The van der Waals surface area contributed by atoms with Crippen LogP contribution in [0.5, 0.6) is 0 Å². The first-order chi connectivity index (χ1) is 22.0. The molecule has 2 atom stereocenters. The number of unbranched alkanes of at least 4 members (excludes halogenated alkanes) is 16. The molecule has 0 bridgehead atoms. The number of aliphatic hydroxyl groups is 1. The Morgan fingerprint density at radius 3 is 1.42 bits per heavy atom. The molecule has 0 aliphatic carbocycles. The van der Waals surface area contributed by atoms with Gasteiger partial charge in [0.2, 0.25) is 0 Å². The van der Waals surface area contributed by atoms with E-state index in [9.17, 15) is 9.90 Å². The van der Waals surface area contributed by atoms with Gasteiger partial charge in [-0.2, -0.15) is 0 Å². The molecule has 0 fully saturated rings. The molecule has 2 unspecified atom stereocenters. The molecule has 0 heterocycles. The van der Waals surface area contributed by atoms with Crippen LogP contribution in [0.15, 0.2) is 48.6 Å². The first-order valence-electron chi connectivity index (χ1n) is 19.1. The van der Waals surface area contributed by atoms with E-state index in [1.807, 2.05) is 0 Å². The van der Waals surface area contributed by atoms with Crippen LogP contribution in [0.25, 0.3) is 0 Å². The van der Waals surface area contributed by atoms with Crippen LogP contribution in [0.3, 0.4) is 0 Å². The maximum atomic E-state index is 12.5. The molecule has 0 aromatic heterocycles. The van der Waals surface area contributed by atoms with Crippen LogP contribution in [0.1, 0.15) is 174 Å². The van der Waals surface area contributed by atoms with Crippen LogP contribution in [-0.4, -0.2) is 37.9 Å². The average Bonchev–Trinajstić information content (AvgIpc) is 3.03. The predicted molar refractivity (Wildman–Crippen MR) is 202 cm³/mol. The van der Waals surface area contributed by atoms with Crippen molar-refractivity contribution in [2.75, 3.05) is 0 Å². The minimum atomic E-state index is -0.843. The van der Waals surface area contributed by atoms with Crippen molar-refractivity contribution in [3.8, 4) is 0 Å². The third-order valence-electron chi connectivity index (χ3n) is 8.36. The molecule has 0 rings (SSSR count). The van der Waals surface area contributed by atoms with Gasteiger partial charge in [0, 0.05) is 0 Å². The number of aliphatic hydroxyl groups excluding tert-OH is 1. The van der Waals surface area contributed by atoms with E-state index in [-0.39, 0.29) is 12.1 Å². The van der Waals surface area contributed by atoms with Gasteiger partial charge >= 0.3 is 154 Å². The van der Waals surface area contributed by atoms with Crippen molar-refractivity contribution >= 4 is 20.6 Å². The summed E-state index contributed by atoms with van der Waals surface area (Å²) in [7, 11) is 0. The van der Waals surface area contributed by atoms with Crippen molar-refractivity contribution in [2.45, 2.75) is 203 Å². The Kier molecular flexibility index (Phi) is 35.0. The molecule has 0 saturated heterocycles. The van der Waals surface area contributed by atoms with E-state index < -0.39 is 20.8 Å². The van der Waals surface area contributed by atoms with Gasteiger partial charge in [-0.3, -0.25) is 0 Å². The fourth-order valence-corrected chi connectivity index (χ4v) is 6.70. The molecule has 0 spiro atoms. The van der Waals surface area contributed by atoms with Gasteiger partial charge in [-0.05, 0) is 44.9 Å². The Morgan fingerprint density at radius 2 is 0.978 bits per heavy atom. The molecule has 0 aliphatic rings. The van der Waals surface area contributed by atoms with Crippen LogP contribution < -0.4 is 0 Å². The molecule has 0 aliphatic heterocycles. The molecule has 0 saturated carbocycles. The van der Waals surface area contributed by atoms with Crippen molar-refractivity contribution in [2.24, 2.45) is 0 Å². The van der Waals surface area contributed by atoms with Gasteiger partial charge in [0.1, 0.15) is 0 Å². The van der Waals surface area contributed by atoms with Crippen LogP contribution in [0.4, 0.5) is 0 Å². The predicted octanol–water partition coefficient (Wildman–Crippen LogP) is 13.0. The van der Waals surface area contributed by atoms with Gasteiger partial charge in [0.15, 0.2) is 0 Å². The summed E-state index contributed by atoms with van der Waals surface area (Å²) < 4.78 is 5.86. The molecule has 0 aromatic carbocycles. The Bertz CT molecular complexity index is 739. The zero-order valence-corrected chi connectivity index (χ0v) is 32.2. The normalized spacial score (nSPS) is 13.7. The zero-order chi connectivity index (χ0) is 33.1. The van der Waals surface area contributed by atoms with E-state index >= 15 is 0 Å². The van der Waals surface area contributed by atoms with Gasteiger partial charge in [-0.25, -0.2) is 0 Å². The quantitative estimate of drug-likeness (QED) is 0.0323. The number of ether oxygens (including phenoxy) is 1. The van der Waals surface area contributed by atoms with Gasteiger partial charge in [0.25, 0.3) is 0 Å². The Morgan fingerprint density at radius 1 is 0.578 bits per heavy atom. The second-order valence-corrected chi connectivity index (χ2v) is 18.7. The zero-order valence-electron chi connectivity index (χ0n) is 30.4. The van der Waals surface area contributed by atoms with Crippen molar-refractivity contribution in [1.82, 2.24) is 0 Å². The summed E-state index contributed by atoms with van der Waals surface area (Å²) in [4.78, 5) is 12.5. The minimum absolute atomic E-state index is 0.107. The molecule has 0 radical (unpaired) electrons. The fraction of sp³-hybridized carbons (Fsp3) is 0.780. The van der Waals surface area contributed by atoms with Crippen LogP contribution in [0.2, 0.25) is 16.6 Å². The Hall–Kier alpha value is -1.05. The van der Waals surface area contributed by atoms with Crippen LogP contribution in [-0.2, 0) is 9.53 Å². The number of carbonyl (C=O) groups excluding carboxylic acids is 1. The number of hydrogen-bond acceptors (Lipinski definition) is 3. The van der Waals surface area contributed by atoms with Crippen molar-refractivity contribution in [3.05, 3.63) is 48.6 Å². The maximum absolute atomic E-state index is 12.5. The monoisotopic (exact) mass is 690 g/mol. The van der Waals surface area contributed by atoms with E-state index in [1.54, 1.807) is 0 Å². The second-order valence-electron chi connectivity index (χ2n) is 13.2. The van der Waals surface area contributed by atoms with Gasteiger partial charge in [0.05, 0.1) is 0 Å². The number of rotatable bonds is 33. The van der Waals surface area contributed by atoms with Crippen LogP contribution in [0, 0.1) is 0 Å². The average molecular weight is 691 g/mol. The van der Waals surface area contributed by atoms with E-state index in [2.05, 4.69) is 73.9 Å². The third-order valence-corrected chi connectivity index (χ3v) is 10.7. The summed E-state index contributed by atoms with van der Waals surface area (Å²) in [6, 6.07) is 0. The van der Waals surface area contributed by atoms with Crippen molar-refractivity contribution < 1.29 is 14.6 Å². The summed E-state index contributed by atoms with van der Waals surface area (Å²) >= 11 is -0.843. The van der Waals surface area contributed by atoms with Gasteiger partial charge < -0.3 is 0 Å². The first-order valence-corrected chi connectivity index (χ1v) is 24.2. The van der Waals surface area contributed by atoms with E-state index in [4.69, 9.17) is 4.74 Å². The summed E-state index contributed by atoms with van der Waals surface area (Å²) in [5, 5.41) is 11.9. The van der Waals surface area contributed by atoms with Crippen molar-refractivity contribution in [3.63, 3.8) is 0 Å². The Balaban J connectivity index is 4.13. The van der Waals surface area contributed by atoms with Gasteiger partial charge in [-0.1, -0.05) is 88.1 Å². The summed E-state index contributed by atoms with van der Waals surface area (Å²) in [5.41, 5.74) is 4.55. The summed E-state index contributed by atoms with van der Waals surface area (Å²) in [6.07, 6.45) is 46.2. The molecule has 3 nitrogen and oxygen atoms in total. The molecule has 1 N–H and O–H groups in total. The van der Waals surface area contributed by atoms with Gasteiger partial charge in [-0.15, -0.1) is 0 Å². The first kappa shape index (κ1) is 43.9. The number of esters is 1. The Labute approximate surface area is 286 Å². The standard InChI is InChI=1S/C41H75AsO3/c1-5-7-9-11-13-15-17-19-21-23-25-27-29-31-33-35-39(43)40(45-41(44)37-38-42(3)4)36-34-32-30-28-26-24-22-20-18-16-14-12-10-8-6-2/h13-16,19-22,39-40,43H,5-12,17-18,23-38H2,1-4H3/b15-13-,16-14-,21-19-,22-20-. The molecule has 45 heavy (non-hydrogen) atoms. The summed E-state index contributed by atoms with van der Waals surface area (Å²) in [6.45, 7) is 4.50. The van der Waals surface area contributed by atoms with E-state index in [0.717, 1.165) is 69.4 Å². The fourth-order valence-electron chi connectivity index (χ4n) is 5.38. The van der Waals surface area contributed by atoms with Crippen LogP contribution >= 0.6 is 0 Å². The molecule has 0 aromatic rings. The summed E-state index contributed by atoms with van der Waals surface area (Å²) in [5.74, 6) is -0.107. The van der Waals surface area contributed by atoms with Crippen molar-refractivity contribution in [1.29, 1.82) is 0 Å². The number of allylic oxidation sites excluding steroid dienone is 8. The second kappa shape index (κ2) is 35.8. The number of hydrogen-bond donors (Lipinski definition) is 1. The topological polar surface area (TPSA) is 46.5 Å².